The van der Waals surface area contributed by atoms with E-state index in [0.717, 1.165) is 6.54 Å². The van der Waals surface area contributed by atoms with Gasteiger partial charge in [0.2, 0.25) is 5.91 Å². The highest BCUT2D eigenvalue weighted by Gasteiger charge is 2.36. The summed E-state index contributed by atoms with van der Waals surface area (Å²) in [6.07, 6.45) is 0.413. The summed E-state index contributed by atoms with van der Waals surface area (Å²) in [6, 6.07) is 0. The highest BCUT2D eigenvalue weighted by Crippen LogP contribution is 2.15. The van der Waals surface area contributed by atoms with Gasteiger partial charge in [-0.2, -0.15) is 0 Å². The van der Waals surface area contributed by atoms with Crippen LogP contribution in [0, 0.1) is 0 Å². The van der Waals surface area contributed by atoms with Crippen molar-refractivity contribution < 1.29 is 14.3 Å². The third kappa shape index (κ3) is 3.83. The summed E-state index contributed by atoms with van der Waals surface area (Å²) < 4.78 is 5.33. The molecule has 6 nitrogen and oxygen atoms in total. The maximum Gasteiger partial charge on any atom is 0.251 e. The molecule has 0 aromatic carbocycles. The Morgan fingerprint density at radius 2 is 2.06 bits per heavy atom. The number of nitrogens with one attached hydrogen (secondary N) is 2. The lowest BCUT2D eigenvalue weighted by Gasteiger charge is -2.32. The zero-order chi connectivity index (χ0) is 12.9. The fourth-order valence-corrected chi connectivity index (χ4v) is 1.89. The Bertz CT molecular complexity index is 289. The van der Waals surface area contributed by atoms with Crippen LogP contribution in [0.4, 0.5) is 0 Å². The van der Waals surface area contributed by atoms with E-state index in [4.69, 9.17) is 10.5 Å². The van der Waals surface area contributed by atoms with E-state index < -0.39 is 17.6 Å². The third-order valence-corrected chi connectivity index (χ3v) is 3.26. The van der Waals surface area contributed by atoms with Gasteiger partial charge in [-0.1, -0.05) is 13.8 Å². The molecule has 0 saturated carbocycles. The Morgan fingerprint density at radius 1 is 1.44 bits per heavy atom. The zero-order valence-corrected chi connectivity index (χ0v) is 11.6. The average molecular weight is 280 g/mol. The molecule has 1 heterocycles. The lowest BCUT2D eigenvalue weighted by molar-refractivity contribution is -0.140. The van der Waals surface area contributed by atoms with Crippen LogP contribution in [0.2, 0.25) is 0 Å². The van der Waals surface area contributed by atoms with Crippen LogP contribution in [-0.2, 0) is 14.3 Å². The number of hydrogen-bond acceptors (Lipinski definition) is 4. The average Bonchev–Trinajstić information content (AvgIpc) is 2.36. The minimum atomic E-state index is -0.960. The topological polar surface area (TPSA) is 93.4 Å². The Labute approximate surface area is 113 Å². The normalized spacial score (nSPS) is 19.8. The van der Waals surface area contributed by atoms with Gasteiger partial charge in [0.1, 0.15) is 11.6 Å². The molecule has 1 fully saturated rings. The SMILES string of the molecule is CCC(CC)(NC(=O)C1CNCCO1)C(N)=O.Cl. The summed E-state index contributed by atoms with van der Waals surface area (Å²) in [7, 11) is 0. The molecule has 4 N–H and O–H groups in total. The first-order chi connectivity index (χ1) is 8.05. The van der Waals surface area contributed by atoms with Gasteiger partial charge in [-0.25, -0.2) is 0 Å². The standard InChI is InChI=1S/C11H21N3O3.ClH/c1-3-11(4-2,10(12)16)14-9(15)8-7-13-5-6-17-8;/h8,13H,3-7H2,1-2H3,(H2,12,16)(H,14,15);1H. The maximum atomic E-state index is 12.0. The number of primary amides is 1. The van der Waals surface area contributed by atoms with Crippen molar-refractivity contribution in [3.8, 4) is 0 Å². The summed E-state index contributed by atoms with van der Waals surface area (Å²) in [5.74, 6) is -0.778. The van der Waals surface area contributed by atoms with Crippen molar-refractivity contribution in [2.45, 2.75) is 38.3 Å². The van der Waals surface area contributed by atoms with Crippen LogP contribution >= 0.6 is 12.4 Å². The minimum absolute atomic E-state index is 0. The van der Waals surface area contributed by atoms with Gasteiger partial charge in [0, 0.05) is 13.1 Å². The summed E-state index contributed by atoms with van der Waals surface area (Å²) in [6.45, 7) is 5.36. The van der Waals surface area contributed by atoms with Crippen molar-refractivity contribution in [2.24, 2.45) is 5.73 Å². The molecule has 0 aromatic rings. The van der Waals surface area contributed by atoms with Crippen molar-refractivity contribution in [1.82, 2.24) is 10.6 Å². The van der Waals surface area contributed by atoms with Gasteiger partial charge in [0.25, 0.3) is 5.91 Å². The van der Waals surface area contributed by atoms with E-state index in [1.165, 1.54) is 0 Å². The number of rotatable bonds is 5. The molecule has 0 bridgehead atoms. The maximum absolute atomic E-state index is 12.0. The van der Waals surface area contributed by atoms with Gasteiger partial charge in [0.15, 0.2) is 0 Å². The Morgan fingerprint density at radius 3 is 2.44 bits per heavy atom. The van der Waals surface area contributed by atoms with E-state index in [1.807, 2.05) is 13.8 Å². The molecule has 1 saturated heterocycles. The van der Waals surface area contributed by atoms with Crippen molar-refractivity contribution in [1.29, 1.82) is 0 Å². The van der Waals surface area contributed by atoms with E-state index in [2.05, 4.69) is 10.6 Å². The number of morpholine rings is 1. The fraction of sp³-hybridized carbons (Fsp3) is 0.818. The summed E-state index contributed by atoms with van der Waals surface area (Å²) >= 11 is 0. The van der Waals surface area contributed by atoms with Gasteiger partial charge in [-0.05, 0) is 12.8 Å². The number of hydrogen-bond donors (Lipinski definition) is 3. The summed E-state index contributed by atoms with van der Waals surface area (Å²) in [5.41, 5.74) is 4.40. The molecule has 1 aliphatic heterocycles. The van der Waals surface area contributed by atoms with Crippen LogP contribution in [-0.4, -0.2) is 43.2 Å². The predicted octanol–water partition coefficient (Wildman–Crippen LogP) is -0.443. The van der Waals surface area contributed by atoms with Crippen molar-refractivity contribution in [2.75, 3.05) is 19.7 Å². The molecule has 2 amide bonds. The molecule has 106 valence electrons. The van der Waals surface area contributed by atoms with Gasteiger partial charge in [-0.3, -0.25) is 9.59 Å². The van der Waals surface area contributed by atoms with Gasteiger partial charge < -0.3 is 21.1 Å². The first-order valence-electron chi connectivity index (χ1n) is 6.00. The molecule has 0 spiro atoms. The Hall–Kier alpha value is -0.850. The van der Waals surface area contributed by atoms with Gasteiger partial charge >= 0.3 is 0 Å². The van der Waals surface area contributed by atoms with Crippen LogP contribution in [0.1, 0.15) is 26.7 Å². The third-order valence-electron chi connectivity index (χ3n) is 3.26. The number of halogens is 1. The van der Waals surface area contributed by atoms with E-state index in [1.54, 1.807) is 0 Å². The molecular weight excluding hydrogens is 258 g/mol. The molecule has 1 rings (SSSR count). The zero-order valence-electron chi connectivity index (χ0n) is 10.8. The van der Waals surface area contributed by atoms with Crippen molar-refractivity contribution in [3.63, 3.8) is 0 Å². The smallest absolute Gasteiger partial charge is 0.251 e. The minimum Gasteiger partial charge on any atom is -0.368 e. The van der Waals surface area contributed by atoms with Crippen LogP contribution in [0.5, 0.6) is 0 Å². The predicted molar refractivity (Wildman–Crippen MR) is 70.5 cm³/mol. The first-order valence-corrected chi connectivity index (χ1v) is 6.00. The largest absolute Gasteiger partial charge is 0.368 e. The molecule has 1 aliphatic rings. The highest BCUT2D eigenvalue weighted by molar-refractivity contribution is 5.91. The van der Waals surface area contributed by atoms with E-state index in [-0.39, 0.29) is 18.3 Å². The lowest BCUT2D eigenvalue weighted by atomic mass is 9.91. The molecule has 0 radical (unpaired) electrons. The second-order valence-corrected chi connectivity index (χ2v) is 4.21. The van der Waals surface area contributed by atoms with Crippen LogP contribution in [0.25, 0.3) is 0 Å². The second-order valence-electron chi connectivity index (χ2n) is 4.21. The van der Waals surface area contributed by atoms with E-state index in [9.17, 15) is 9.59 Å². The molecule has 7 heteroatoms. The molecule has 0 aliphatic carbocycles. The number of ether oxygens (including phenoxy) is 1. The van der Waals surface area contributed by atoms with E-state index in [0.29, 0.717) is 26.0 Å². The molecule has 18 heavy (non-hydrogen) atoms. The van der Waals surface area contributed by atoms with Crippen LogP contribution < -0.4 is 16.4 Å². The summed E-state index contributed by atoms with van der Waals surface area (Å²) in [5, 5.41) is 5.79. The number of amides is 2. The summed E-state index contributed by atoms with van der Waals surface area (Å²) in [4.78, 5) is 23.4. The first kappa shape index (κ1) is 17.2. The van der Waals surface area contributed by atoms with Crippen molar-refractivity contribution in [3.05, 3.63) is 0 Å². The monoisotopic (exact) mass is 279 g/mol. The van der Waals surface area contributed by atoms with Crippen LogP contribution in [0.15, 0.2) is 0 Å². The van der Waals surface area contributed by atoms with Gasteiger partial charge in [-0.15, -0.1) is 12.4 Å². The van der Waals surface area contributed by atoms with Gasteiger partial charge in [0.05, 0.1) is 6.61 Å². The van der Waals surface area contributed by atoms with E-state index >= 15 is 0 Å². The molecule has 1 unspecified atom stereocenters. The quantitative estimate of drug-likeness (QED) is 0.636. The molecule has 1 atom stereocenters. The Balaban J connectivity index is 0.00000289. The number of carbonyl (C=O) groups excluding carboxylic acids is 2. The number of carbonyl (C=O) groups is 2. The number of nitrogens with two attached hydrogens (primary N) is 1. The lowest BCUT2D eigenvalue weighted by Crippen LogP contribution is -2.60. The second kappa shape index (κ2) is 7.56. The van der Waals surface area contributed by atoms with Crippen molar-refractivity contribution >= 4 is 24.2 Å². The highest BCUT2D eigenvalue weighted by atomic mass is 35.5. The van der Waals surface area contributed by atoms with Crippen LogP contribution in [0.3, 0.4) is 0 Å². The molecule has 0 aromatic heterocycles. The Kier molecular flexibility index (Phi) is 7.20. The molecular formula is C11H22ClN3O3. The fourth-order valence-electron chi connectivity index (χ4n) is 1.89.